The van der Waals surface area contributed by atoms with Crippen molar-refractivity contribution in [2.24, 2.45) is 4.99 Å². The van der Waals surface area contributed by atoms with E-state index in [9.17, 15) is 4.79 Å². The third-order valence-corrected chi connectivity index (χ3v) is 4.29. The molecule has 0 saturated carbocycles. The normalized spacial score (nSPS) is 10.9. The maximum atomic E-state index is 11.7. The van der Waals surface area contributed by atoms with Gasteiger partial charge in [0, 0.05) is 45.0 Å². The lowest BCUT2D eigenvalue weighted by molar-refractivity contribution is 0.0963. The molecule has 0 aliphatic heterocycles. The summed E-state index contributed by atoms with van der Waals surface area (Å²) < 4.78 is 2.03. The molecule has 8 heteroatoms. The van der Waals surface area contributed by atoms with Gasteiger partial charge >= 0.3 is 0 Å². The van der Waals surface area contributed by atoms with Gasteiger partial charge in [-0.2, -0.15) is 5.10 Å². The number of rotatable bonds is 8. The minimum absolute atomic E-state index is 0. The predicted molar refractivity (Wildman–Crippen MR) is 125 cm³/mol. The Labute approximate surface area is 184 Å². The van der Waals surface area contributed by atoms with Crippen LogP contribution >= 0.6 is 24.0 Å². The summed E-state index contributed by atoms with van der Waals surface area (Å²) in [5.41, 5.74) is 4.04. The summed E-state index contributed by atoms with van der Waals surface area (Å²) in [7, 11) is 3.41. The van der Waals surface area contributed by atoms with Crippen molar-refractivity contribution < 1.29 is 4.79 Å². The number of guanidine groups is 1. The highest BCUT2D eigenvalue weighted by molar-refractivity contribution is 14.0. The van der Waals surface area contributed by atoms with Crippen molar-refractivity contribution in [2.75, 3.05) is 27.2 Å². The number of hydrogen-bond acceptors (Lipinski definition) is 3. The van der Waals surface area contributed by atoms with E-state index in [0.29, 0.717) is 5.56 Å². The quantitative estimate of drug-likeness (QED) is 0.226. The Morgan fingerprint density at radius 3 is 2.57 bits per heavy atom. The molecule has 0 radical (unpaired) electrons. The van der Waals surface area contributed by atoms with Crippen molar-refractivity contribution >= 4 is 35.8 Å². The van der Waals surface area contributed by atoms with E-state index in [1.165, 1.54) is 5.69 Å². The summed E-state index contributed by atoms with van der Waals surface area (Å²) in [6.45, 7) is 6.54. The molecular weight excluding hydrogens is 467 g/mol. The van der Waals surface area contributed by atoms with E-state index in [1.54, 1.807) is 14.1 Å². The molecule has 1 aromatic carbocycles. The van der Waals surface area contributed by atoms with E-state index in [1.807, 2.05) is 35.9 Å². The molecule has 1 amide bonds. The Hall–Kier alpha value is -2.10. The number of amides is 1. The van der Waals surface area contributed by atoms with E-state index in [0.717, 1.165) is 49.7 Å². The first-order chi connectivity index (χ1) is 13.0. The smallest absolute Gasteiger partial charge is 0.251 e. The zero-order chi connectivity index (χ0) is 19.6. The fourth-order valence-corrected chi connectivity index (χ4v) is 2.90. The lowest BCUT2D eigenvalue weighted by Gasteiger charge is -2.12. The average Bonchev–Trinajstić information content (AvgIpc) is 3.00. The minimum atomic E-state index is -0.0649. The van der Waals surface area contributed by atoms with Crippen molar-refractivity contribution in [1.29, 1.82) is 0 Å². The Morgan fingerprint density at radius 1 is 1.18 bits per heavy atom. The molecule has 2 aromatic rings. The fourth-order valence-electron chi connectivity index (χ4n) is 2.90. The summed E-state index contributed by atoms with van der Waals surface area (Å²) >= 11 is 0. The molecule has 0 atom stereocenters. The number of nitrogens with zero attached hydrogens (tertiary/aromatic N) is 3. The molecule has 1 heterocycles. The second-order valence-corrected chi connectivity index (χ2v) is 6.46. The number of halogens is 1. The summed E-state index contributed by atoms with van der Waals surface area (Å²) in [6, 6.07) is 9.77. The van der Waals surface area contributed by atoms with Crippen LogP contribution in [0.4, 0.5) is 0 Å². The third kappa shape index (κ3) is 7.49. The van der Waals surface area contributed by atoms with Crippen molar-refractivity contribution in [2.45, 2.75) is 33.2 Å². The van der Waals surface area contributed by atoms with Crippen LogP contribution < -0.4 is 16.0 Å². The summed E-state index contributed by atoms with van der Waals surface area (Å²) in [6.07, 6.45) is 1.79. The SMILES string of the molecule is CN=C(NCCCn1nc(C)cc1C)NCCc1cccc(C(=O)NC)c1.I. The Balaban J connectivity index is 0.00000392. The van der Waals surface area contributed by atoms with E-state index in [2.05, 4.69) is 39.0 Å². The topological polar surface area (TPSA) is 83.3 Å². The van der Waals surface area contributed by atoms with E-state index in [4.69, 9.17) is 0 Å². The van der Waals surface area contributed by atoms with Gasteiger partial charge in [0.1, 0.15) is 0 Å². The maximum absolute atomic E-state index is 11.7. The molecular formula is C20H31IN6O. The van der Waals surface area contributed by atoms with Crippen molar-refractivity contribution in [1.82, 2.24) is 25.7 Å². The highest BCUT2D eigenvalue weighted by Gasteiger charge is 2.04. The van der Waals surface area contributed by atoms with Gasteiger partial charge in [-0.25, -0.2) is 0 Å². The summed E-state index contributed by atoms with van der Waals surface area (Å²) in [4.78, 5) is 16.0. The van der Waals surface area contributed by atoms with Crippen LogP contribution in [0, 0.1) is 13.8 Å². The molecule has 0 bridgehead atoms. The molecule has 154 valence electrons. The first-order valence-electron chi connectivity index (χ1n) is 9.30. The molecule has 1 aromatic heterocycles. The van der Waals surface area contributed by atoms with Gasteiger partial charge in [0.25, 0.3) is 5.91 Å². The van der Waals surface area contributed by atoms with Gasteiger partial charge in [-0.05, 0) is 50.5 Å². The first kappa shape index (κ1) is 23.9. The summed E-state index contributed by atoms with van der Waals surface area (Å²) in [5.74, 6) is 0.718. The standard InChI is InChI=1S/C20H30N6O.HI/c1-15-13-16(2)26(25-15)12-6-10-23-20(22-4)24-11-9-17-7-5-8-18(14-17)19(27)21-3;/h5,7-8,13-14H,6,9-12H2,1-4H3,(H,21,27)(H2,22,23,24);1H. The molecule has 7 nitrogen and oxygen atoms in total. The molecule has 0 fully saturated rings. The van der Waals surface area contributed by atoms with Crippen LogP contribution in [0.2, 0.25) is 0 Å². The van der Waals surface area contributed by atoms with Crippen LogP contribution in [0.1, 0.15) is 33.7 Å². The Kier molecular flexibility index (Phi) is 10.6. The van der Waals surface area contributed by atoms with E-state index in [-0.39, 0.29) is 29.9 Å². The number of aliphatic imine (C=N–C) groups is 1. The zero-order valence-corrected chi connectivity index (χ0v) is 19.4. The second-order valence-electron chi connectivity index (χ2n) is 6.46. The number of hydrogen-bond donors (Lipinski definition) is 3. The van der Waals surface area contributed by atoms with Crippen LogP contribution in [-0.2, 0) is 13.0 Å². The van der Waals surface area contributed by atoms with Gasteiger partial charge in [-0.1, -0.05) is 12.1 Å². The number of carbonyl (C=O) groups excluding carboxylic acids is 1. The van der Waals surface area contributed by atoms with Gasteiger partial charge in [-0.3, -0.25) is 14.5 Å². The lowest BCUT2D eigenvalue weighted by Crippen LogP contribution is -2.39. The largest absolute Gasteiger partial charge is 0.356 e. The van der Waals surface area contributed by atoms with E-state index < -0.39 is 0 Å². The summed E-state index contributed by atoms with van der Waals surface area (Å²) in [5, 5.41) is 13.8. The van der Waals surface area contributed by atoms with Crippen LogP contribution in [0.25, 0.3) is 0 Å². The second kappa shape index (κ2) is 12.4. The molecule has 0 aliphatic rings. The maximum Gasteiger partial charge on any atom is 0.251 e. The third-order valence-electron chi connectivity index (χ3n) is 4.29. The van der Waals surface area contributed by atoms with Crippen molar-refractivity contribution in [3.8, 4) is 0 Å². The van der Waals surface area contributed by atoms with Gasteiger partial charge in [-0.15, -0.1) is 24.0 Å². The molecule has 0 unspecified atom stereocenters. The van der Waals surface area contributed by atoms with Crippen LogP contribution in [0.5, 0.6) is 0 Å². The number of aromatic nitrogens is 2. The highest BCUT2D eigenvalue weighted by Crippen LogP contribution is 2.06. The predicted octanol–water partition coefficient (Wildman–Crippen LogP) is 2.28. The highest BCUT2D eigenvalue weighted by atomic mass is 127. The van der Waals surface area contributed by atoms with Crippen LogP contribution in [0.3, 0.4) is 0 Å². The van der Waals surface area contributed by atoms with Crippen molar-refractivity contribution in [3.05, 3.63) is 52.8 Å². The minimum Gasteiger partial charge on any atom is -0.356 e. The number of nitrogens with one attached hydrogen (secondary N) is 3. The fraction of sp³-hybridized carbons (Fsp3) is 0.450. The monoisotopic (exact) mass is 498 g/mol. The van der Waals surface area contributed by atoms with E-state index >= 15 is 0 Å². The molecule has 2 rings (SSSR count). The van der Waals surface area contributed by atoms with Crippen LogP contribution in [0.15, 0.2) is 35.3 Å². The number of carbonyl (C=O) groups is 1. The van der Waals surface area contributed by atoms with Crippen molar-refractivity contribution in [3.63, 3.8) is 0 Å². The van der Waals surface area contributed by atoms with Gasteiger partial charge < -0.3 is 16.0 Å². The molecule has 3 N–H and O–H groups in total. The average molecular weight is 498 g/mol. The number of benzene rings is 1. The van der Waals surface area contributed by atoms with Gasteiger partial charge in [0.2, 0.25) is 0 Å². The molecule has 0 saturated heterocycles. The lowest BCUT2D eigenvalue weighted by atomic mass is 10.1. The molecule has 0 aliphatic carbocycles. The Bertz CT molecular complexity index is 787. The first-order valence-corrected chi connectivity index (χ1v) is 9.30. The molecule has 0 spiro atoms. The van der Waals surface area contributed by atoms with Gasteiger partial charge in [0.15, 0.2) is 5.96 Å². The van der Waals surface area contributed by atoms with Gasteiger partial charge in [0.05, 0.1) is 5.69 Å². The molecule has 28 heavy (non-hydrogen) atoms. The van der Waals surface area contributed by atoms with Crippen LogP contribution in [-0.4, -0.2) is 48.8 Å². The zero-order valence-electron chi connectivity index (χ0n) is 17.1. The number of aryl methyl sites for hydroxylation is 3. The Morgan fingerprint density at radius 2 is 1.93 bits per heavy atom.